The van der Waals surface area contributed by atoms with Gasteiger partial charge in [0.1, 0.15) is 0 Å². The first kappa shape index (κ1) is 12.2. The average Bonchev–Trinajstić information content (AvgIpc) is 1.80. The molecule has 0 radical (unpaired) electrons. The molecule has 0 aromatic rings. The molecule has 1 fully saturated rings. The molecule has 74 valence electrons. The van der Waals surface area contributed by atoms with Gasteiger partial charge in [-0.25, -0.2) is 8.42 Å². The second-order valence-electron chi connectivity index (χ2n) is 3.83. The van der Waals surface area contributed by atoms with Crippen molar-refractivity contribution in [3.05, 3.63) is 0 Å². The lowest BCUT2D eigenvalue weighted by atomic mass is 10.0. The fourth-order valence-corrected chi connectivity index (χ4v) is 3.08. The molecule has 0 bridgehead atoms. The molecule has 12 heavy (non-hydrogen) atoms. The van der Waals surface area contributed by atoms with Gasteiger partial charge in [0, 0.05) is 6.04 Å². The monoisotopic (exact) mass is 213 g/mol. The third kappa shape index (κ3) is 2.12. The first-order chi connectivity index (χ1) is 4.85. The van der Waals surface area contributed by atoms with E-state index < -0.39 is 14.6 Å². The summed E-state index contributed by atoms with van der Waals surface area (Å²) in [6.45, 7) is 3.50. The zero-order chi connectivity index (χ0) is 8.70. The standard InChI is InChI=1S/C7H15NO2S.ClH/c1-7(2)5-6(8)3-4-11(7,9)10;/h6H,3-5,8H2,1-2H3;1H. The van der Waals surface area contributed by atoms with Crippen LogP contribution in [0.5, 0.6) is 0 Å². The first-order valence-corrected chi connectivity index (χ1v) is 5.48. The summed E-state index contributed by atoms with van der Waals surface area (Å²) in [5.41, 5.74) is 5.67. The summed E-state index contributed by atoms with van der Waals surface area (Å²) >= 11 is 0. The Labute approximate surface area is 80.0 Å². The summed E-state index contributed by atoms with van der Waals surface area (Å²) in [6, 6.07) is 0.0634. The molecule has 0 aliphatic carbocycles. The summed E-state index contributed by atoms with van der Waals surface area (Å²) in [4.78, 5) is 0. The molecule has 2 N–H and O–H groups in total. The third-order valence-corrected chi connectivity index (χ3v) is 4.98. The molecule has 1 aliphatic rings. The number of halogens is 1. The summed E-state index contributed by atoms with van der Waals surface area (Å²) < 4.78 is 22.2. The van der Waals surface area contributed by atoms with Crippen LogP contribution in [0.2, 0.25) is 0 Å². The molecule has 1 atom stereocenters. The van der Waals surface area contributed by atoms with Crippen LogP contribution in [0.15, 0.2) is 0 Å². The van der Waals surface area contributed by atoms with Crippen molar-refractivity contribution in [1.29, 1.82) is 0 Å². The van der Waals surface area contributed by atoms with Crippen molar-refractivity contribution in [3.63, 3.8) is 0 Å². The summed E-state index contributed by atoms with van der Waals surface area (Å²) in [6.07, 6.45) is 1.21. The predicted octanol–water partition coefficient (Wildman–Crippen LogP) is 0.723. The Morgan fingerprint density at radius 3 is 2.25 bits per heavy atom. The molecule has 0 saturated carbocycles. The molecular formula is C7H16ClNO2S. The van der Waals surface area contributed by atoms with E-state index in [0.717, 1.165) is 0 Å². The lowest BCUT2D eigenvalue weighted by molar-refractivity contribution is 0.448. The van der Waals surface area contributed by atoms with Crippen LogP contribution in [0, 0.1) is 0 Å². The Bertz CT molecular complexity index is 248. The SMILES string of the molecule is CC1(C)CC(N)CCS1(=O)=O.Cl. The lowest BCUT2D eigenvalue weighted by Gasteiger charge is -2.32. The van der Waals surface area contributed by atoms with E-state index >= 15 is 0 Å². The van der Waals surface area contributed by atoms with Gasteiger partial charge in [-0.15, -0.1) is 12.4 Å². The van der Waals surface area contributed by atoms with Crippen LogP contribution in [0.3, 0.4) is 0 Å². The van der Waals surface area contributed by atoms with E-state index in [2.05, 4.69) is 0 Å². The number of rotatable bonds is 0. The topological polar surface area (TPSA) is 60.2 Å². The molecule has 0 aromatic carbocycles. The Hall–Kier alpha value is 0.200. The maximum absolute atomic E-state index is 11.4. The van der Waals surface area contributed by atoms with Crippen molar-refractivity contribution in [2.24, 2.45) is 5.73 Å². The van der Waals surface area contributed by atoms with Crippen molar-refractivity contribution in [2.75, 3.05) is 5.75 Å². The van der Waals surface area contributed by atoms with Crippen LogP contribution in [0.25, 0.3) is 0 Å². The van der Waals surface area contributed by atoms with E-state index in [-0.39, 0.29) is 24.2 Å². The number of nitrogens with two attached hydrogens (primary N) is 1. The summed E-state index contributed by atoms with van der Waals surface area (Å²) in [5, 5.41) is 0. The highest BCUT2D eigenvalue weighted by molar-refractivity contribution is 7.92. The fraction of sp³-hybridized carbons (Fsp3) is 1.00. The van der Waals surface area contributed by atoms with Crippen molar-refractivity contribution < 1.29 is 8.42 Å². The number of hydrogen-bond acceptors (Lipinski definition) is 3. The molecule has 0 aromatic heterocycles. The number of sulfone groups is 1. The minimum absolute atomic E-state index is 0. The van der Waals surface area contributed by atoms with E-state index in [1.165, 1.54) is 0 Å². The molecule has 1 rings (SSSR count). The average molecular weight is 214 g/mol. The first-order valence-electron chi connectivity index (χ1n) is 3.83. The minimum Gasteiger partial charge on any atom is -0.328 e. The van der Waals surface area contributed by atoms with E-state index in [1.807, 2.05) is 0 Å². The van der Waals surface area contributed by atoms with Crippen LogP contribution in [0.1, 0.15) is 26.7 Å². The molecule has 1 unspecified atom stereocenters. The molecule has 0 spiro atoms. The van der Waals surface area contributed by atoms with E-state index in [9.17, 15) is 8.42 Å². The van der Waals surface area contributed by atoms with Crippen molar-refractivity contribution >= 4 is 22.2 Å². The van der Waals surface area contributed by atoms with Gasteiger partial charge in [0.2, 0.25) is 0 Å². The zero-order valence-electron chi connectivity index (χ0n) is 7.41. The van der Waals surface area contributed by atoms with Gasteiger partial charge in [0.05, 0.1) is 10.5 Å². The van der Waals surface area contributed by atoms with Gasteiger partial charge in [0.15, 0.2) is 9.84 Å². The molecule has 1 aliphatic heterocycles. The lowest BCUT2D eigenvalue weighted by Crippen LogP contribution is -2.46. The van der Waals surface area contributed by atoms with E-state index in [4.69, 9.17) is 5.73 Å². The summed E-state index contributed by atoms with van der Waals surface area (Å²) in [7, 11) is -2.87. The van der Waals surface area contributed by atoms with Gasteiger partial charge >= 0.3 is 0 Å². The van der Waals surface area contributed by atoms with Crippen LogP contribution in [0.4, 0.5) is 0 Å². The van der Waals surface area contributed by atoms with Gasteiger partial charge in [-0.2, -0.15) is 0 Å². The highest BCUT2D eigenvalue weighted by atomic mass is 35.5. The van der Waals surface area contributed by atoms with E-state index in [0.29, 0.717) is 12.8 Å². The normalized spacial score (nSPS) is 32.1. The van der Waals surface area contributed by atoms with Crippen LogP contribution in [-0.4, -0.2) is 25.0 Å². The van der Waals surface area contributed by atoms with Gasteiger partial charge < -0.3 is 5.73 Å². The second-order valence-corrected chi connectivity index (χ2v) is 6.57. The van der Waals surface area contributed by atoms with E-state index in [1.54, 1.807) is 13.8 Å². The maximum Gasteiger partial charge on any atom is 0.155 e. The molecule has 1 heterocycles. The Balaban J connectivity index is 0.00000121. The third-order valence-electron chi connectivity index (χ3n) is 2.35. The Kier molecular flexibility index (Phi) is 3.58. The minimum atomic E-state index is -2.87. The largest absolute Gasteiger partial charge is 0.328 e. The molecule has 5 heteroatoms. The Morgan fingerprint density at radius 2 is 1.92 bits per heavy atom. The number of hydrogen-bond donors (Lipinski definition) is 1. The fourth-order valence-electron chi connectivity index (χ4n) is 1.44. The van der Waals surface area contributed by atoms with Gasteiger partial charge in [-0.05, 0) is 26.7 Å². The quantitative estimate of drug-likeness (QED) is 0.645. The van der Waals surface area contributed by atoms with Crippen LogP contribution < -0.4 is 5.73 Å². The Morgan fingerprint density at radius 1 is 1.42 bits per heavy atom. The van der Waals surface area contributed by atoms with Crippen molar-refractivity contribution in [1.82, 2.24) is 0 Å². The zero-order valence-corrected chi connectivity index (χ0v) is 9.04. The van der Waals surface area contributed by atoms with Crippen LogP contribution >= 0.6 is 12.4 Å². The maximum atomic E-state index is 11.4. The molecular weight excluding hydrogens is 198 g/mol. The molecule has 1 saturated heterocycles. The molecule has 0 amide bonds. The van der Waals surface area contributed by atoms with Crippen molar-refractivity contribution in [2.45, 2.75) is 37.5 Å². The van der Waals surface area contributed by atoms with Crippen molar-refractivity contribution in [3.8, 4) is 0 Å². The van der Waals surface area contributed by atoms with Gasteiger partial charge in [0.25, 0.3) is 0 Å². The predicted molar refractivity (Wildman–Crippen MR) is 52.3 cm³/mol. The van der Waals surface area contributed by atoms with Crippen LogP contribution in [-0.2, 0) is 9.84 Å². The van der Waals surface area contributed by atoms with Gasteiger partial charge in [-0.3, -0.25) is 0 Å². The van der Waals surface area contributed by atoms with Gasteiger partial charge in [-0.1, -0.05) is 0 Å². The highest BCUT2D eigenvalue weighted by Crippen LogP contribution is 2.28. The highest BCUT2D eigenvalue weighted by Gasteiger charge is 2.39. The smallest absolute Gasteiger partial charge is 0.155 e. The molecule has 3 nitrogen and oxygen atoms in total. The summed E-state index contributed by atoms with van der Waals surface area (Å²) in [5.74, 6) is 0.251. The second kappa shape index (κ2) is 3.52.